The largest absolute Gasteiger partial charge is 0.481 e. The third-order valence-electron chi connectivity index (χ3n) is 3.79. The Bertz CT molecular complexity index is 559. The lowest BCUT2D eigenvalue weighted by molar-refractivity contribution is -0.139. The van der Waals surface area contributed by atoms with Gasteiger partial charge in [0.25, 0.3) is 0 Å². The van der Waals surface area contributed by atoms with Gasteiger partial charge in [0.05, 0.1) is 18.6 Å². The molecule has 0 unspecified atom stereocenters. The molecule has 1 aliphatic carbocycles. The van der Waals surface area contributed by atoms with Crippen LogP contribution in [-0.4, -0.2) is 24.2 Å². The van der Waals surface area contributed by atoms with E-state index in [1.165, 1.54) is 7.11 Å². The highest BCUT2D eigenvalue weighted by atomic mass is 16.5. The van der Waals surface area contributed by atoms with Crippen molar-refractivity contribution in [1.29, 1.82) is 0 Å². The first kappa shape index (κ1) is 14.3. The highest BCUT2D eigenvalue weighted by Gasteiger charge is 2.31. The highest BCUT2D eigenvalue weighted by molar-refractivity contribution is 6.17. The number of ether oxygens (including phenoxy) is 1. The Hall–Kier alpha value is -2.10. The molecule has 0 bridgehead atoms. The van der Waals surface area contributed by atoms with E-state index < -0.39 is 17.9 Å². The molecule has 4 nitrogen and oxygen atoms in total. The van der Waals surface area contributed by atoms with Gasteiger partial charge >= 0.3 is 11.9 Å². The molecular formula is C16H18O4. The minimum absolute atomic E-state index is 0.0533. The number of benzene rings is 1. The normalized spacial score (nSPS) is 21.4. The number of hydrogen-bond acceptors (Lipinski definition) is 3. The number of hydrogen-bond donors (Lipinski definition) is 1. The fourth-order valence-electron chi connectivity index (χ4n) is 2.68. The van der Waals surface area contributed by atoms with Crippen molar-refractivity contribution in [2.24, 2.45) is 5.92 Å². The van der Waals surface area contributed by atoms with Crippen LogP contribution in [0.2, 0.25) is 0 Å². The second kappa shape index (κ2) is 5.90. The smallest absolute Gasteiger partial charge is 0.338 e. The Morgan fingerprint density at radius 1 is 1.35 bits per heavy atom. The number of methoxy groups -OCH3 is 1. The van der Waals surface area contributed by atoms with Crippen LogP contribution < -0.4 is 0 Å². The van der Waals surface area contributed by atoms with Crippen LogP contribution in [0.5, 0.6) is 0 Å². The van der Waals surface area contributed by atoms with Crippen LogP contribution in [0.4, 0.5) is 0 Å². The van der Waals surface area contributed by atoms with E-state index >= 15 is 0 Å². The molecule has 0 radical (unpaired) electrons. The number of carboxylic acid groups (broad SMARTS) is 1. The van der Waals surface area contributed by atoms with Gasteiger partial charge in [0, 0.05) is 0 Å². The predicted octanol–water partition coefficient (Wildman–Crippen LogP) is 2.84. The lowest BCUT2D eigenvalue weighted by atomic mass is 9.88. The molecule has 0 aliphatic heterocycles. The summed E-state index contributed by atoms with van der Waals surface area (Å²) in [6, 6.07) is 7.17. The maximum atomic E-state index is 12.0. The summed E-state index contributed by atoms with van der Waals surface area (Å²) in [7, 11) is 1.34. The van der Waals surface area contributed by atoms with Gasteiger partial charge in [-0.25, -0.2) is 4.79 Å². The maximum Gasteiger partial charge on any atom is 0.338 e. The highest BCUT2D eigenvalue weighted by Crippen LogP contribution is 2.37. The summed E-state index contributed by atoms with van der Waals surface area (Å²) in [5.41, 5.74) is 1.83. The molecule has 20 heavy (non-hydrogen) atoms. The molecule has 0 saturated heterocycles. The zero-order valence-corrected chi connectivity index (χ0v) is 11.6. The number of rotatable bonds is 3. The van der Waals surface area contributed by atoms with Gasteiger partial charge in [0.15, 0.2) is 0 Å². The molecular weight excluding hydrogens is 256 g/mol. The molecule has 4 heteroatoms. The average molecular weight is 274 g/mol. The number of carbonyl (C=O) groups is 2. The predicted molar refractivity (Wildman–Crippen MR) is 75.2 cm³/mol. The van der Waals surface area contributed by atoms with E-state index in [0.717, 1.165) is 6.42 Å². The third-order valence-corrected chi connectivity index (χ3v) is 3.79. The topological polar surface area (TPSA) is 63.6 Å². The molecule has 0 spiro atoms. The van der Waals surface area contributed by atoms with Gasteiger partial charge in [-0.15, -0.1) is 0 Å². The molecule has 1 aromatic rings. The van der Waals surface area contributed by atoms with Crippen LogP contribution in [0.15, 0.2) is 30.3 Å². The van der Waals surface area contributed by atoms with E-state index in [1.54, 1.807) is 24.3 Å². The molecule has 0 fully saturated rings. The lowest BCUT2D eigenvalue weighted by Gasteiger charge is -2.16. The Morgan fingerprint density at radius 2 is 2.05 bits per heavy atom. The van der Waals surface area contributed by atoms with Crippen LogP contribution in [0, 0.1) is 5.92 Å². The summed E-state index contributed by atoms with van der Waals surface area (Å²) in [5, 5.41) is 9.47. The van der Waals surface area contributed by atoms with Gasteiger partial charge < -0.3 is 9.84 Å². The quantitative estimate of drug-likeness (QED) is 0.861. The van der Waals surface area contributed by atoms with Crippen LogP contribution in [0.3, 0.4) is 0 Å². The fraction of sp³-hybridized carbons (Fsp3) is 0.375. The van der Waals surface area contributed by atoms with E-state index in [1.807, 2.05) is 13.0 Å². The summed E-state index contributed by atoms with van der Waals surface area (Å²) >= 11 is 0. The van der Waals surface area contributed by atoms with Gasteiger partial charge in [0.1, 0.15) is 0 Å². The van der Waals surface area contributed by atoms with Gasteiger partial charge in [-0.05, 0) is 29.9 Å². The van der Waals surface area contributed by atoms with Crippen molar-refractivity contribution in [1.82, 2.24) is 0 Å². The van der Waals surface area contributed by atoms with Crippen LogP contribution in [0.25, 0.3) is 5.57 Å². The number of carboxylic acids is 1. The van der Waals surface area contributed by atoms with E-state index in [0.29, 0.717) is 23.1 Å². The molecule has 0 saturated carbocycles. The van der Waals surface area contributed by atoms with E-state index in [2.05, 4.69) is 0 Å². The van der Waals surface area contributed by atoms with Gasteiger partial charge in [-0.2, -0.15) is 0 Å². The summed E-state index contributed by atoms with van der Waals surface area (Å²) in [6.07, 6.45) is 3.15. The summed E-state index contributed by atoms with van der Waals surface area (Å²) in [6.45, 7) is 1.99. The molecule has 0 amide bonds. The molecule has 1 aromatic carbocycles. The van der Waals surface area contributed by atoms with Gasteiger partial charge in [-0.1, -0.05) is 37.3 Å². The summed E-state index contributed by atoms with van der Waals surface area (Å²) in [5.74, 6) is -1.80. The second-order valence-corrected chi connectivity index (χ2v) is 4.95. The zero-order chi connectivity index (χ0) is 14.7. The first-order chi connectivity index (χ1) is 9.58. The van der Waals surface area contributed by atoms with Crippen LogP contribution in [-0.2, 0) is 14.3 Å². The number of carbonyl (C=O) groups excluding carboxylic acids is 1. The molecule has 0 heterocycles. The monoisotopic (exact) mass is 274 g/mol. The molecule has 1 N–H and O–H groups in total. The van der Waals surface area contributed by atoms with Crippen LogP contribution >= 0.6 is 0 Å². The average Bonchev–Trinajstić information content (AvgIpc) is 2.63. The van der Waals surface area contributed by atoms with Crippen molar-refractivity contribution in [2.75, 3.05) is 7.11 Å². The minimum Gasteiger partial charge on any atom is -0.481 e. The standard InChI is InChI=1S/C16H18O4/c1-3-10-8-13(15(17)18)11-6-4-5-7-12(11)14(9-10)16(19)20-2/h4-7,9-10,13H,3,8H2,1-2H3,(H,17,18)/t10-,13+/m1/s1. The van der Waals surface area contributed by atoms with Crippen molar-refractivity contribution in [3.63, 3.8) is 0 Å². The molecule has 2 atom stereocenters. The van der Waals surface area contributed by atoms with Crippen molar-refractivity contribution < 1.29 is 19.4 Å². The van der Waals surface area contributed by atoms with Crippen molar-refractivity contribution in [3.05, 3.63) is 41.5 Å². The lowest BCUT2D eigenvalue weighted by Crippen LogP contribution is -2.15. The number of allylic oxidation sites excluding steroid dienone is 1. The van der Waals surface area contributed by atoms with Gasteiger partial charge in [0.2, 0.25) is 0 Å². The number of fused-ring (bicyclic) bond motifs is 1. The number of esters is 1. The molecule has 0 aromatic heterocycles. The van der Waals surface area contributed by atoms with Crippen molar-refractivity contribution in [2.45, 2.75) is 25.7 Å². The Labute approximate surface area is 118 Å². The van der Waals surface area contributed by atoms with Crippen molar-refractivity contribution >= 4 is 17.5 Å². The first-order valence-corrected chi connectivity index (χ1v) is 6.70. The molecule has 106 valence electrons. The molecule has 2 rings (SSSR count). The zero-order valence-electron chi connectivity index (χ0n) is 11.6. The third kappa shape index (κ3) is 2.59. The Balaban J connectivity index is 2.60. The summed E-state index contributed by atoms with van der Waals surface area (Å²) < 4.78 is 4.84. The van der Waals surface area contributed by atoms with E-state index in [9.17, 15) is 14.7 Å². The maximum absolute atomic E-state index is 12.0. The Morgan fingerprint density at radius 3 is 2.65 bits per heavy atom. The van der Waals surface area contributed by atoms with E-state index in [4.69, 9.17) is 4.74 Å². The summed E-state index contributed by atoms with van der Waals surface area (Å²) in [4.78, 5) is 23.5. The van der Waals surface area contributed by atoms with Crippen LogP contribution in [0.1, 0.15) is 36.8 Å². The van der Waals surface area contributed by atoms with E-state index in [-0.39, 0.29) is 5.92 Å². The van der Waals surface area contributed by atoms with Gasteiger partial charge in [-0.3, -0.25) is 4.79 Å². The SMILES string of the molecule is CC[C@H]1C=C(C(=O)OC)c2ccccc2[C@@H](C(=O)O)C1. The first-order valence-electron chi connectivity index (χ1n) is 6.70. The number of aliphatic carboxylic acids is 1. The molecule has 1 aliphatic rings. The Kier molecular flexibility index (Phi) is 4.23. The minimum atomic E-state index is -0.851. The van der Waals surface area contributed by atoms with Crippen molar-refractivity contribution in [3.8, 4) is 0 Å². The second-order valence-electron chi connectivity index (χ2n) is 4.95. The fourth-order valence-corrected chi connectivity index (χ4v) is 2.68.